The first-order valence-corrected chi connectivity index (χ1v) is 6.15. The van der Waals surface area contributed by atoms with Gasteiger partial charge in [0, 0.05) is 23.7 Å². The van der Waals surface area contributed by atoms with Gasteiger partial charge in [-0.2, -0.15) is 0 Å². The summed E-state index contributed by atoms with van der Waals surface area (Å²) in [7, 11) is 1.99. The summed E-state index contributed by atoms with van der Waals surface area (Å²) in [5, 5.41) is 0. The highest BCUT2D eigenvalue weighted by atomic mass is 32.1. The van der Waals surface area contributed by atoms with E-state index >= 15 is 0 Å². The lowest BCUT2D eigenvalue weighted by Gasteiger charge is -2.23. The summed E-state index contributed by atoms with van der Waals surface area (Å²) >= 11 is 4.89. The molecular formula is C13H19FN2S. The standard InChI is InChI=1S/C13H19FN2S/c1-4-9(2)16(3)8-11-7-10(13(15)17)5-6-12(11)14/h5-7,9H,4,8H2,1-3H3,(H2,15,17). The summed E-state index contributed by atoms with van der Waals surface area (Å²) in [6.45, 7) is 4.80. The Morgan fingerprint density at radius 1 is 1.53 bits per heavy atom. The van der Waals surface area contributed by atoms with E-state index in [2.05, 4.69) is 18.7 Å². The summed E-state index contributed by atoms with van der Waals surface area (Å²) in [6.07, 6.45) is 1.03. The van der Waals surface area contributed by atoms with Crippen LogP contribution in [0, 0.1) is 5.82 Å². The van der Waals surface area contributed by atoms with Gasteiger partial charge in [-0.05, 0) is 38.6 Å². The van der Waals surface area contributed by atoms with E-state index < -0.39 is 0 Å². The van der Waals surface area contributed by atoms with Crippen molar-refractivity contribution in [2.45, 2.75) is 32.9 Å². The van der Waals surface area contributed by atoms with Crippen molar-refractivity contribution in [3.8, 4) is 0 Å². The molecule has 1 unspecified atom stereocenters. The molecule has 17 heavy (non-hydrogen) atoms. The minimum Gasteiger partial charge on any atom is -0.389 e. The number of hydrogen-bond donors (Lipinski definition) is 1. The molecule has 1 atom stereocenters. The van der Waals surface area contributed by atoms with Gasteiger partial charge in [-0.3, -0.25) is 4.90 Å². The SMILES string of the molecule is CCC(C)N(C)Cc1cc(C(N)=S)ccc1F. The number of thiocarbonyl (C=S) groups is 1. The maximum absolute atomic E-state index is 13.6. The molecule has 4 heteroatoms. The highest BCUT2D eigenvalue weighted by Gasteiger charge is 2.11. The van der Waals surface area contributed by atoms with Crippen molar-refractivity contribution in [2.24, 2.45) is 5.73 Å². The Kier molecular flexibility index (Phi) is 5.02. The molecule has 0 spiro atoms. The molecule has 0 aliphatic carbocycles. The molecule has 2 nitrogen and oxygen atoms in total. The summed E-state index contributed by atoms with van der Waals surface area (Å²) < 4.78 is 13.6. The third-order valence-electron chi connectivity index (χ3n) is 3.09. The molecule has 0 aliphatic rings. The molecule has 0 saturated heterocycles. The van der Waals surface area contributed by atoms with Gasteiger partial charge in [-0.25, -0.2) is 4.39 Å². The van der Waals surface area contributed by atoms with E-state index in [0.717, 1.165) is 6.42 Å². The van der Waals surface area contributed by atoms with Crippen molar-refractivity contribution in [3.63, 3.8) is 0 Å². The van der Waals surface area contributed by atoms with Crippen LogP contribution >= 0.6 is 12.2 Å². The Hall–Kier alpha value is -1.00. The molecular weight excluding hydrogens is 235 g/mol. The topological polar surface area (TPSA) is 29.3 Å². The monoisotopic (exact) mass is 254 g/mol. The number of halogens is 1. The predicted octanol–water partition coefficient (Wildman–Crippen LogP) is 2.69. The molecule has 0 aliphatic heterocycles. The lowest BCUT2D eigenvalue weighted by molar-refractivity contribution is 0.240. The van der Waals surface area contributed by atoms with E-state index in [1.54, 1.807) is 12.1 Å². The first-order valence-electron chi connectivity index (χ1n) is 5.74. The minimum absolute atomic E-state index is 0.208. The molecule has 0 fully saturated rings. The predicted molar refractivity (Wildman–Crippen MR) is 73.5 cm³/mol. The van der Waals surface area contributed by atoms with E-state index in [0.29, 0.717) is 28.7 Å². The molecule has 0 saturated carbocycles. The van der Waals surface area contributed by atoms with Gasteiger partial charge < -0.3 is 5.73 Å². The van der Waals surface area contributed by atoms with Gasteiger partial charge in [0.05, 0.1) is 0 Å². The van der Waals surface area contributed by atoms with Gasteiger partial charge in [-0.15, -0.1) is 0 Å². The van der Waals surface area contributed by atoms with Crippen LogP contribution in [0.1, 0.15) is 31.4 Å². The van der Waals surface area contributed by atoms with Crippen molar-refractivity contribution in [2.75, 3.05) is 7.05 Å². The molecule has 1 rings (SSSR count). The van der Waals surface area contributed by atoms with E-state index in [9.17, 15) is 4.39 Å². The Bertz CT molecular complexity index is 406. The van der Waals surface area contributed by atoms with Gasteiger partial charge in [0.15, 0.2) is 0 Å². The fourth-order valence-corrected chi connectivity index (χ4v) is 1.71. The first-order chi connectivity index (χ1) is 7.95. The smallest absolute Gasteiger partial charge is 0.127 e. The molecule has 1 aromatic carbocycles. The lowest BCUT2D eigenvalue weighted by atomic mass is 10.1. The summed E-state index contributed by atoms with van der Waals surface area (Å²) in [6, 6.07) is 5.19. The second kappa shape index (κ2) is 6.07. The lowest BCUT2D eigenvalue weighted by Crippen LogP contribution is -2.28. The van der Waals surface area contributed by atoms with Crippen molar-refractivity contribution in [1.29, 1.82) is 0 Å². The van der Waals surface area contributed by atoms with Crippen molar-refractivity contribution in [3.05, 3.63) is 35.1 Å². The summed E-state index contributed by atoms with van der Waals surface area (Å²) in [5.74, 6) is -0.208. The fraction of sp³-hybridized carbons (Fsp3) is 0.462. The van der Waals surface area contributed by atoms with E-state index in [-0.39, 0.29) is 5.82 Å². The van der Waals surface area contributed by atoms with E-state index in [1.807, 2.05) is 7.05 Å². The molecule has 0 amide bonds. The van der Waals surface area contributed by atoms with Crippen LogP contribution in [0.4, 0.5) is 4.39 Å². The number of nitrogens with zero attached hydrogens (tertiary/aromatic N) is 1. The second-order valence-electron chi connectivity index (χ2n) is 4.34. The van der Waals surface area contributed by atoms with Crippen LogP contribution in [0.3, 0.4) is 0 Å². The minimum atomic E-state index is -0.208. The Labute approximate surface area is 108 Å². The molecule has 94 valence electrons. The molecule has 0 bridgehead atoms. The number of nitrogens with two attached hydrogens (primary N) is 1. The highest BCUT2D eigenvalue weighted by molar-refractivity contribution is 7.80. The van der Waals surface area contributed by atoms with Crippen LogP contribution < -0.4 is 5.73 Å². The molecule has 1 aromatic rings. The Morgan fingerprint density at radius 3 is 2.71 bits per heavy atom. The largest absolute Gasteiger partial charge is 0.389 e. The number of rotatable bonds is 5. The third-order valence-corrected chi connectivity index (χ3v) is 3.33. The van der Waals surface area contributed by atoms with Crippen molar-refractivity contribution >= 4 is 17.2 Å². The normalized spacial score (nSPS) is 12.8. The zero-order valence-corrected chi connectivity index (χ0v) is 11.4. The maximum Gasteiger partial charge on any atom is 0.127 e. The molecule has 2 N–H and O–H groups in total. The number of hydrogen-bond acceptors (Lipinski definition) is 2. The third kappa shape index (κ3) is 3.75. The number of benzene rings is 1. The average molecular weight is 254 g/mol. The molecule has 0 aromatic heterocycles. The van der Waals surface area contributed by atoms with E-state index in [1.165, 1.54) is 6.07 Å². The summed E-state index contributed by atoms with van der Waals surface area (Å²) in [5.41, 5.74) is 6.90. The van der Waals surface area contributed by atoms with Crippen LogP contribution in [-0.4, -0.2) is 23.0 Å². The molecule has 0 radical (unpaired) electrons. The van der Waals surface area contributed by atoms with Gasteiger partial charge in [0.25, 0.3) is 0 Å². The quantitative estimate of drug-likeness (QED) is 0.819. The summed E-state index contributed by atoms with van der Waals surface area (Å²) in [4.78, 5) is 2.42. The van der Waals surface area contributed by atoms with Crippen molar-refractivity contribution in [1.82, 2.24) is 4.90 Å². The maximum atomic E-state index is 13.6. The zero-order valence-electron chi connectivity index (χ0n) is 10.5. The van der Waals surface area contributed by atoms with Crippen molar-refractivity contribution < 1.29 is 4.39 Å². The van der Waals surface area contributed by atoms with Gasteiger partial charge in [0.1, 0.15) is 10.8 Å². The fourth-order valence-electron chi connectivity index (χ4n) is 1.59. The average Bonchev–Trinajstić information content (AvgIpc) is 2.30. The van der Waals surface area contributed by atoms with Crippen LogP contribution in [0.15, 0.2) is 18.2 Å². The van der Waals surface area contributed by atoms with Gasteiger partial charge in [-0.1, -0.05) is 19.1 Å². The van der Waals surface area contributed by atoms with Crippen LogP contribution in [0.5, 0.6) is 0 Å². The van der Waals surface area contributed by atoms with Crippen LogP contribution in [-0.2, 0) is 6.54 Å². The van der Waals surface area contributed by atoms with Crippen LogP contribution in [0.2, 0.25) is 0 Å². The first kappa shape index (κ1) is 14.1. The van der Waals surface area contributed by atoms with Crippen LogP contribution in [0.25, 0.3) is 0 Å². The van der Waals surface area contributed by atoms with E-state index in [4.69, 9.17) is 18.0 Å². The Balaban J connectivity index is 2.89. The second-order valence-corrected chi connectivity index (χ2v) is 4.78. The van der Waals surface area contributed by atoms with Gasteiger partial charge in [0.2, 0.25) is 0 Å². The zero-order chi connectivity index (χ0) is 13.0. The molecule has 0 heterocycles. The van der Waals surface area contributed by atoms with Gasteiger partial charge >= 0.3 is 0 Å². The highest BCUT2D eigenvalue weighted by Crippen LogP contribution is 2.14. The Morgan fingerprint density at radius 2 is 2.18 bits per heavy atom.